The van der Waals surface area contributed by atoms with Gasteiger partial charge in [0.25, 0.3) is 0 Å². The molecule has 6 heteroatoms. The summed E-state index contributed by atoms with van der Waals surface area (Å²) in [6, 6.07) is 1.37. The zero-order valence-corrected chi connectivity index (χ0v) is 9.68. The van der Waals surface area contributed by atoms with Gasteiger partial charge in [-0.3, -0.25) is 4.79 Å². The molecule has 1 rings (SSSR count). The van der Waals surface area contributed by atoms with E-state index in [-0.39, 0.29) is 32.1 Å². The van der Waals surface area contributed by atoms with Crippen molar-refractivity contribution in [3.05, 3.63) is 31.7 Å². The molecule has 0 unspecified atom stereocenters. The number of aliphatic carboxylic acids is 1. The van der Waals surface area contributed by atoms with Gasteiger partial charge in [-0.15, -0.1) is 0 Å². The summed E-state index contributed by atoms with van der Waals surface area (Å²) in [6.07, 6.45) is -0.308. The predicted molar refractivity (Wildman–Crippen MR) is 57.8 cm³/mol. The molecule has 0 heterocycles. The normalized spacial score (nSPS) is 10.3. The molecule has 0 saturated heterocycles. The summed E-state index contributed by atoms with van der Waals surface area (Å²) >= 11 is 23.0. The lowest BCUT2D eigenvalue weighted by Crippen LogP contribution is -2.02. The Labute approximate surface area is 100 Å². The topological polar surface area (TPSA) is 37.3 Å². The van der Waals surface area contributed by atoms with Crippen LogP contribution in [0.4, 0.5) is 0 Å². The molecule has 0 saturated carbocycles. The molecule has 0 aliphatic rings. The summed E-state index contributed by atoms with van der Waals surface area (Å²) < 4.78 is 0. The molecule has 2 nitrogen and oxygen atoms in total. The van der Waals surface area contributed by atoms with Crippen molar-refractivity contribution in [2.75, 3.05) is 0 Å². The van der Waals surface area contributed by atoms with Gasteiger partial charge in [-0.05, 0) is 6.07 Å². The van der Waals surface area contributed by atoms with Gasteiger partial charge in [0.2, 0.25) is 0 Å². The Balaban J connectivity index is 3.31. The van der Waals surface area contributed by atoms with Crippen molar-refractivity contribution >= 4 is 52.4 Å². The molecule has 0 fully saturated rings. The van der Waals surface area contributed by atoms with E-state index < -0.39 is 5.97 Å². The van der Waals surface area contributed by atoms with Crippen molar-refractivity contribution in [2.45, 2.75) is 6.42 Å². The second-order valence-corrected chi connectivity index (χ2v) is 4.09. The van der Waals surface area contributed by atoms with E-state index in [1.54, 1.807) is 0 Å². The molecule has 0 bridgehead atoms. The Bertz CT molecular complexity index is 363. The van der Waals surface area contributed by atoms with E-state index in [0.29, 0.717) is 0 Å². The highest BCUT2D eigenvalue weighted by molar-refractivity contribution is 6.48. The van der Waals surface area contributed by atoms with Crippen LogP contribution in [0.15, 0.2) is 6.07 Å². The van der Waals surface area contributed by atoms with Crippen molar-refractivity contribution in [1.29, 1.82) is 0 Å². The van der Waals surface area contributed by atoms with Crippen molar-refractivity contribution in [3.63, 3.8) is 0 Å². The molecule has 0 amide bonds. The fourth-order valence-corrected chi connectivity index (χ4v) is 1.91. The zero-order valence-electron chi connectivity index (χ0n) is 6.65. The molecular weight excluding hydrogens is 270 g/mol. The highest BCUT2D eigenvalue weighted by Crippen LogP contribution is 2.37. The van der Waals surface area contributed by atoms with Crippen LogP contribution in [0.3, 0.4) is 0 Å². The SMILES string of the molecule is O=C(O)Cc1c(Cl)c(Cl)cc(Cl)c1Cl. The van der Waals surface area contributed by atoms with Gasteiger partial charge >= 0.3 is 5.97 Å². The quantitative estimate of drug-likeness (QED) is 0.829. The van der Waals surface area contributed by atoms with Crippen molar-refractivity contribution in [1.82, 2.24) is 0 Å². The molecule has 0 aromatic heterocycles. The fourth-order valence-electron chi connectivity index (χ4n) is 0.929. The molecule has 1 aromatic rings. The maximum atomic E-state index is 10.5. The van der Waals surface area contributed by atoms with Gasteiger partial charge in [0.15, 0.2) is 0 Å². The molecule has 0 radical (unpaired) electrons. The van der Waals surface area contributed by atoms with Gasteiger partial charge in [0.1, 0.15) is 0 Å². The Morgan fingerprint density at radius 2 is 1.57 bits per heavy atom. The van der Waals surface area contributed by atoms with E-state index in [0.717, 1.165) is 0 Å². The smallest absolute Gasteiger partial charge is 0.307 e. The van der Waals surface area contributed by atoms with Crippen LogP contribution < -0.4 is 0 Å². The third-order valence-corrected chi connectivity index (χ3v) is 3.18. The van der Waals surface area contributed by atoms with Gasteiger partial charge in [0, 0.05) is 5.56 Å². The average Bonchev–Trinajstić information content (AvgIpc) is 2.09. The molecule has 14 heavy (non-hydrogen) atoms. The Morgan fingerprint density at radius 3 is 1.93 bits per heavy atom. The standard InChI is InChI=1S/C8H4Cl4O2/c9-4-2-5(10)8(12)3(7(4)11)1-6(13)14/h2H,1H2,(H,13,14). The number of carboxylic acid groups (broad SMARTS) is 1. The van der Waals surface area contributed by atoms with Gasteiger partial charge in [0.05, 0.1) is 26.5 Å². The lowest BCUT2D eigenvalue weighted by Gasteiger charge is -2.07. The molecule has 76 valence electrons. The van der Waals surface area contributed by atoms with E-state index in [1.807, 2.05) is 0 Å². The van der Waals surface area contributed by atoms with Crippen LogP contribution >= 0.6 is 46.4 Å². The summed E-state index contributed by atoms with van der Waals surface area (Å²) in [7, 11) is 0. The summed E-state index contributed by atoms with van der Waals surface area (Å²) in [4.78, 5) is 10.5. The summed E-state index contributed by atoms with van der Waals surface area (Å²) in [5.41, 5.74) is 0.235. The lowest BCUT2D eigenvalue weighted by atomic mass is 10.1. The minimum Gasteiger partial charge on any atom is -0.481 e. The van der Waals surface area contributed by atoms with E-state index in [9.17, 15) is 4.79 Å². The van der Waals surface area contributed by atoms with Crippen LogP contribution in [0.5, 0.6) is 0 Å². The monoisotopic (exact) mass is 272 g/mol. The first-order valence-corrected chi connectivity index (χ1v) is 4.98. The summed E-state index contributed by atoms with van der Waals surface area (Å²) in [5.74, 6) is -1.05. The minimum absolute atomic E-state index is 0.128. The van der Waals surface area contributed by atoms with Crippen LogP contribution in [0.2, 0.25) is 20.1 Å². The van der Waals surface area contributed by atoms with Gasteiger partial charge in [-0.1, -0.05) is 46.4 Å². The van der Waals surface area contributed by atoms with E-state index in [2.05, 4.69) is 0 Å². The van der Waals surface area contributed by atoms with Crippen molar-refractivity contribution in [3.8, 4) is 0 Å². The van der Waals surface area contributed by atoms with E-state index in [4.69, 9.17) is 51.5 Å². The molecule has 0 spiro atoms. The number of rotatable bonds is 2. The summed E-state index contributed by atoms with van der Waals surface area (Å²) in [6.45, 7) is 0. The highest BCUT2D eigenvalue weighted by Gasteiger charge is 2.16. The predicted octanol–water partition coefficient (Wildman–Crippen LogP) is 3.93. The Hall–Kier alpha value is -0.150. The number of hydrogen-bond acceptors (Lipinski definition) is 1. The number of carboxylic acids is 1. The fraction of sp³-hybridized carbons (Fsp3) is 0.125. The van der Waals surface area contributed by atoms with E-state index >= 15 is 0 Å². The second kappa shape index (κ2) is 4.58. The molecule has 1 N–H and O–H groups in total. The average molecular weight is 274 g/mol. The van der Waals surface area contributed by atoms with Crippen LogP contribution in [0.1, 0.15) is 5.56 Å². The molecular formula is C8H4Cl4O2. The van der Waals surface area contributed by atoms with Crippen LogP contribution in [0, 0.1) is 0 Å². The molecule has 0 aliphatic heterocycles. The maximum Gasteiger partial charge on any atom is 0.307 e. The first-order chi connectivity index (χ1) is 6.43. The maximum absolute atomic E-state index is 10.5. The van der Waals surface area contributed by atoms with Crippen LogP contribution in [-0.2, 0) is 11.2 Å². The first kappa shape index (κ1) is 11.9. The largest absolute Gasteiger partial charge is 0.481 e. The van der Waals surface area contributed by atoms with Crippen molar-refractivity contribution < 1.29 is 9.90 Å². The summed E-state index contributed by atoms with van der Waals surface area (Å²) in [5, 5.41) is 9.23. The van der Waals surface area contributed by atoms with Gasteiger partial charge in [-0.25, -0.2) is 0 Å². The third-order valence-electron chi connectivity index (χ3n) is 1.53. The second-order valence-electron chi connectivity index (χ2n) is 2.52. The number of benzene rings is 1. The molecule has 0 atom stereocenters. The zero-order chi connectivity index (χ0) is 10.9. The Kier molecular flexibility index (Phi) is 3.90. The molecule has 1 aromatic carbocycles. The Morgan fingerprint density at radius 1 is 1.14 bits per heavy atom. The molecule has 0 aliphatic carbocycles. The first-order valence-electron chi connectivity index (χ1n) is 3.47. The van der Waals surface area contributed by atoms with Crippen LogP contribution in [-0.4, -0.2) is 11.1 Å². The van der Waals surface area contributed by atoms with Gasteiger partial charge in [-0.2, -0.15) is 0 Å². The highest BCUT2D eigenvalue weighted by atomic mass is 35.5. The minimum atomic E-state index is -1.05. The number of carbonyl (C=O) groups is 1. The van der Waals surface area contributed by atoms with Gasteiger partial charge < -0.3 is 5.11 Å². The van der Waals surface area contributed by atoms with E-state index in [1.165, 1.54) is 6.07 Å². The van der Waals surface area contributed by atoms with Crippen LogP contribution in [0.25, 0.3) is 0 Å². The number of hydrogen-bond donors (Lipinski definition) is 1. The van der Waals surface area contributed by atoms with Crippen molar-refractivity contribution in [2.24, 2.45) is 0 Å². The number of halogens is 4. The lowest BCUT2D eigenvalue weighted by molar-refractivity contribution is -0.136. The third kappa shape index (κ3) is 2.45.